The number of carbonyl (C=O) groups excluding carboxylic acids is 1. The highest BCUT2D eigenvalue weighted by Gasteiger charge is 2.56. The molecule has 0 aromatic heterocycles. The number of amides is 1. The van der Waals surface area contributed by atoms with Crippen molar-refractivity contribution in [3.8, 4) is 0 Å². The molecule has 0 radical (unpaired) electrons. The summed E-state index contributed by atoms with van der Waals surface area (Å²) in [6.45, 7) is 0.637. The summed E-state index contributed by atoms with van der Waals surface area (Å²) < 4.78 is 0. The van der Waals surface area contributed by atoms with E-state index >= 15 is 0 Å². The molecule has 2 aliphatic rings. The summed E-state index contributed by atoms with van der Waals surface area (Å²) in [6, 6.07) is 0. The van der Waals surface area contributed by atoms with Gasteiger partial charge in [-0.05, 0) is 25.2 Å². The van der Waals surface area contributed by atoms with Crippen molar-refractivity contribution in [1.82, 2.24) is 5.32 Å². The fourth-order valence-electron chi connectivity index (χ4n) is 2.00. The third kappa shape index (κ3) is 1.98. The second kappa shape index (κ2) is 3.83. The zero-order valence-electron chi connectivity index (χ0n) is 8.79. The average Bonchev–Trinajstić information content (AvgIpc) is 2.89. The van der Waals surface area contributed by atoms with Gasteiger partial charge in [0.2, 0.25) is 5.91 Å². The van der Waals surface area contributed by atoms with Crippen LogP contribution in [0.15, 0.2) is 0 Å². The second-order valence-corrected chi connectivity index (χ2v) is 4.73. The van der Waals surface area contributed by atoms with Gasteiger partial charge in [0.15, 0.2) is 0 Å². The van der Waals surface area contributed by atoms with Gasteiger partial charge in [0.1, 0.15) is 5.41 Å². The Morgan fingerprint density at radius 1 is 1.33 bits per heavy atom. The largest absolute Gasteiger partial charge is 0.480 e. The Morgan fingerprint density at radius 3 is 2.40 bits per heavy atom. The minimum absolute atomic E-state index is 0.283. The molecule has 2 aliphatic carbocycles. The van der Waals surface area contributed by atoms with Crippen LogP contribution in [0.4, 0.5) is 0 Å². The van der Waals surface area contributed by atoms with Gasteiger partial charge in [0.25, 0.3) is 0 Å². The van der Waals surface area contributed by atoms with Gasteiger partial charge < -0.3 is 10.4 Å². The number of nitrogens with one attached hydrogen (secondary N) is 1. The lowest BCUT2D eigenvalue weighted by Crippen LogP contribution is -2.38. The first-order valence-electron chi connectivity index (χ1n) is 5.67. The van der Waals surface area contributed by atoms with Crippen molar-refractivity contribution in [2.45, 2.75) is 38.5 Å². The van der Waals surface area contributed by atoms with E-state index in [-0.39, 0.29) is 5.91 Å². The summed E-state index contributed by atoms with van der Waals surface area (Å²) in [4.78, 5) is 22.4. The van der Waals surface area contributed by atoms with E-state index < -0.39 is 11.4 Å². The highest BCUT2D eigenvalue weighted by atomic mass is 16.4. The van der Waals surface area contributed by atoms with Crippen molar-refractivity contribution in [3.05, 3.63) is 0 Å². The van der Waals surface area contributed by atoms with Crippen LogP contribution in [-0.4, -0.2) is 23.5 Å². The number of aliphatic carboxylic acids is 1. The van der Waals surface area contributed by atoms with Crippen molar-refractivity contribution in [1.29, 1.82) is 0 Å². The molecule has 2 N–H and O–H groups in total. The summed E-state index contributed by atoms with van der Waals surface area (Å²) in [7, 11) is 0. The molecule has 0 aromatic carbocycles. The molecule has 0 unspecified atom stereocenters. The Hall–Kier alpha value is -1.06. The van der Waals surface area contributed by atoms with Gasteiger partial charge >= 0.3 is 5.97 Å². The van der Waals surface area contributed by atoms with E-state index in [4.69, 9.17) is 5.11 Å². The van der Waals surface area contributed by atoms with Crippen LogP contribution >= 0.6 is 0 Å². The molecule has 0 bridgehead atoms. The van der Waals surface area contributed by atoms with Crippen molar-refractivity contribution in [2.24, 2.45) is 11.3 Å². The Bertz CT molecular complexity index is 280. The van der Waals surface area contributed by atoms with Crippen LogP contribution in [0, 0.1) is 11.3 Å². The predicted octanol–water partition coefficient (Wildman–Crippen LogP) is 1.16. The molecule has 0 aliphatic heterocycles. The maximum absolute atomic E-state index is 11.6. The van der Waals surface area contributed by atoms with Gasteiger partial charge in [-0.3, -0.25) is 9.59 Å². The quantitative estimate of drug-likeness (QED) is 0.670. The van der Waals surface area contributed by atoms with E-state index in [2.05, 4.69) is 5.32 Å². The van der Waals surface area contributed by atoms with Gasteiger partial charge in [0, 0.05) is 6.54 Å². The molecule has 0 atom stereocenters. The Morgan fingerprint density at radius 2 is 2.00 bits per heavy atom. The lowest BCUT2D eigenvalue weighted by Gasteiger charge is -2.25. The summed E-state index contributed by atoms with van der Waals surface area (Å²) >= 11 is 0. The standard InChI is InChI=1S/C11H17NO3/c13-9(11(5-6-11)10(14)15)12-7-4-8-2-1-3-8/h8H,1-7H2,(H,12,13)(H,14,15). The highest BCUT2D eigenvalue weighted by Crippen LogP contribution is 2.46. The van der Waals surface area contributed by atoms with Gasteiger partial charge in [-0.2, -0.15) is 0 Å². The minimum atomic E-state index is -1.07. The molecule has 2 rings (SSSR count). The molecule has 15 heavy (non-hydrogen) atoms. The first-order chi connectivity index (χ1) is 7.15. The molecule has 2 fully saturated rings. The van der Waals surface area contributed by atoms with Crippen LogP contribution in [0.2, 0.25) is 0 Å². The van der Waals surface area contributed by atoms with E-state index in [0.29, 0.717) is 19.4 Å². The molecule has 1 amide bonds. The summed E-state index contributed by atoms with van der Waals surface area (Å²) in [5.74, 6) is -0.497. The van der Waals surface area contributed by atoms with Gasteiger partial charge in [-0.1, -0.05) is 19.3 Å². The number of hydrogen-bond donors (Lipinski definition) is 2. The first-order valence-corrected chi connectivity index (χ1v) is 5.67. The minimum Gasteiger partial charge on any atom is -0.480 e. The number of carboxylic acid groups (broad SMARTS) is 1. The van der Waals surface area contributed by atoms with Crippen LogP contribution in [0.3, 0.4) is 0 Å². The maximum Gasteiger partial charge on any atom is 0.319 e. The predicted molar refractivity (Wildman–Crippen MR) is 54.3 cm³/mol. The molecule has 4 heteroatoms. The number of carbonyl (C=O) groups is 2. The molecule has 2 saturated carbocycles. The molecule has 0 saturated heterocycles. The number of rotatable bonds is 5. The van der Waals surface area contributed by atoms with Crippen molar-refractivity contribution in [2.75, 3.05) is 6.54 Å². The van der Waals surface area contributed by atoms with Crippen molar-refractivity contribution >= 4 is 11.9 Å². The van der Waals surface area contributed by atoms with E-state index in [9.17, 15) is 9.59 Å². The van der Waals surface area contributed by atoms with E-state index in [1.807, 2.05) is 0 Å². The molecular weight excluding hydrogens is 194 g/mol. The average molecular weight is 211 g/mol. The summed E-state index contributed by atoms with van der Waals surface area (Å²) in [6.07, 6.45) is 5.83. The number of hydrogen-bond acceptors (Lipinski definition) is 2. The summed E-state index contributed by atoms with van der Waals surface area (Å²) in [5.41, 5.74) is -1.07. The smallest absolute Gasteiger partial charge is 0.319 e. The van der Waals surface area contributed by atoms with Gasteiger partial charge in [-0.25, -0.2) is 0 Å². The van der Waals surface area contributed by atoms with Gasteiger partial charge in [0.05, 0.1) is 0 Å². The molecule has 4 nitrogen and oxygen atoms in total. The van der Waals surface area contributed by atoms with Crippen LogP contribution in [0.5, 0.6) is 0 Å². The third-order valence-corrected chi connectivity index (χ3v) is 3.66. The zero-order valence-corrected chi connectivity index (χ0v) is 8.79. The molecule has 0 aromatic rings. The van der Waals surface area contributed by atoms with E-state index in [1.54, 1.807) is 0 Å². The zero-order chi connectivity index (χ0) is 10.9. The molecule has 0 heterocycles. The number of carboxylic acids is 1. The highest BCUT2D eigenvalue weighted by molar-refractivity contribution is 6.04. The van der Waals surface area contributed by atoms with Crippen LogP contribution < -0.4 is 5.32 Å². The van der Waals surface area contributed by atoms with Gasteiger partial charge in [-0.15, -0.1) is 0 Å². The molecular formula is C11H17NO3. The van der Waals surface area contributed by atoms with Crippen LogP contribution in [0.25, 0.3) is 0 Å². The summed E-state index contributed by atoms with van der Waals surface area (Å²) in [5, 5.41) is 11.6. The van der Waals surface area contributed by atoms with E-state index in [1.165, 1.54) is 19.3 Å². The van der Waals surface area contributed by atoms with Crippen LogP contribution in [-0.2, 0) is 9.59 Å². The lowest BCUT2D eigenvalue weighted by atomic mass is 9.83. The molecule has 0 spiro atoms. The van der Waals surface area contributed by atoms with Crippen molar-refractivity contribution < 1.29 is 14.7 Å². The maximum atomic E-state index is 11.6. The molecule has 84 valence electrons. The SMILES string of the molecule is O=C(O)C1(C(=O)NCCC2CCC2)CC1. The third-order valence-electron chi connectivity index (χ3n) is 3.66. The fourth-order valence-corrected chi connectivity index (χ4v) is 2.00. The Balaban J connectivity index is 1.70. The normalized spacial score (nSPS) is 22.9. The van der Waals surface area contributed by atoms with E-state index in [0.717, 1.165) is 12.3 Å². The Labute approximate surface area is 89.0 Å². The topological polar surface area (TPSA) is 66.4 Å². The lowest BCUT2D eigenvalue weighted by molar-refractivity contribution is -0.149. The fraction of sp³-hybridized carbons (Fsp3) is 0.818. The van der Waals surface area contributed by atoms with Crippen molar-refractivity contribution in [3.63, 3.8) is 0 Å². The first kappa shape index (κ1) is 10.5. The van der Waals surface area contributed by atoms with Crippen LogP contribution in [0.1, 0.15) is 38.5 Å². The second-order valence-electron chi connectivity index (χ2n) is 4.73. The monoisotopic (exact) mass is 211 g/mol. The Kier molecular flexibility index (Phi) is 2.67.